The predicted octanol–water partition coefficient (Wildman–Crippen LogP) is 3.11. The summed E-state index contributed by atoms with van der Waals surface area (Å²) >= 11 is 0. The van der Waals surface area contributed by atoms with Gasteiger partial charge in [0.1, 0.15) is 5.75 Å². The highest BCUT2D eigenvalue weighted by molar-refractivity contribution is 7.89. The van der Waals surface area contributed by atoms with Crippen LogP contribution in [0.15, 0.2) is 41.3 Å². The molecule has 1 N–H and O–H groups in total. The van der Waals surface area contributed by atoms with Gasteiger partial charge in [0.05, 0.1) is 12.0 Å². The fourth-order valence-corrected chi connectivity index (χ4v) is 5.72. The summed E-state index contributed by atoms with van der Waals surface area (Å²) < 4.78 is 34.1. The third-order valence-corrected chi connectivity index (χ3v) is 7.76. The first-order chi connectivity index (χ1) is 14.4. The van der Waals surface area contributed by atoms with Crippen LogP contribution >= 0.6 is 0 Å². The Morgan fingerprint density at radius 2 is 1.87 bits per heavy atom. The highest BCUT2D eigenvalue weighted by Gasteiger charge is 2.27. The number of nitrogens with zero attached hydrogens (tertiary/aromatic N) is 2. The number of hydrogen-bond donors (Lipinski definition) is 1. The summed E-state index contributed by atoms with van der Waals surface area (Å²) in [5.74, 6) is 0.687. The summed E-state index contributed by atoms with van der Waals surface area (Å²) in [4.78, 5) is 4.96. The molecule has 0 saturated carbocycles. The molecule has 0 aliphatic carbocycles. The van der Waals surface area contributed by atoms with E-state index in [1.807, 2.05) is 6.92 Å². The maximum absolute atomic E-state index is 13.0. The minimum atomic E-state index is -3.60. The number of fused-ring (bicyclic) bond motifs is 1. The Morgan fingerprint density at radius 1 is 1.10 bits per heavy atom. The van der Waals surface area contributed by atoms with E-state index in [2.05, 4.69) is 39.8 Å². The normalized spacial score (nSPS) is 17.9. The Kier molecular flexibility index (Phi) is 6.04. The van der Waals surface area contributed by atoms with Crippen LogP contribution in [0.2, 0.25) is 0 Å². The summed E-state index contributed by atoms with van der Waals surface area (Å²) in [6.07, 6.45) is 3.37. The van der Waals surface area contributed by atoms with Crippen molar-refractivity contribution in [2.75, 3.05) is 45.2 Å². The second-order valence-electron chi connectivity index (χ2n) is 8.30. The van der Waals surface area contributed by atoms with Gasteiger partial charge in [-0.1, -0.05) is 12.1 Å². The summed E-state index contributed by atoms with van der Waals surface area (Å²) in [5, 5.41) is 0. The molecule has 162 valence electrons. The Balaban J connectivity index is 1.56. The van der Waals surface area contributed by atoms with Crippen molar-refractivity contribution in [3.8, 4) is 5.75 Å². The Labute approximate surface area is 179 Å². The van der Waals surface area contributed by atoms with Crippen molar-refractivity contribution in [2.24, 2.45) is 0 Å². The molecule has 0 aromatic heterocycles. The first kappa shape index (κ1) is 21.2. The van der Waals surface area contributed by atoms with Gasteiger partial charge in [-0.15, -0.1) is 0 Å². The number of anilines is 1. The van der Waals surface area contributed by atoms with Gasteiger partial charge < -0.3 is 9.64 Å². The Morgan fingerprint density at radius 3 is 2.57 bits per heavy atom. The summed E-state index contributed by atoms with van der Waals surface area (Å²) in [5.41, 5.74) is 4.64. The molecule has 4 rings (SSSR count). The van der Waals surface area contributed by atoms with Crippen LogP contribution in [0.1, 0.15) is 35.6 Å². The molecule has 1 saturated heterocycles. The minimum absolute atomic E-state index is 0.0397. The number of sulfonamides is 1. The van der Waals surface area contributed by atoms with E-state index in [4.69, 9.17) is 4.74 Å². The average molecular weight is 430 g/mol. The van der Waals surface area contributed by atoms with E-state index in [-0.39, 0.29) is 10.9 Å². The number of benzene rings is 2. The molecule has 7 heteroatoms. The smallest absolute Gasteiger partial charge is 0.240 e. The molecular weight excluding hydrogens is 398 g/mol. The lowest BCUT2D eigenvalue weighted by molar-refractivity contribution is 0.246. The lowest BCUT2D eigenvalue weighted by atomic mass is 10.0. The quantitative estimate of drug-likeness (QED) is 0.733. The van der Waals surface area contributed by atoms with E-state index in [1.54, 1.807) is 25.3 Å². The van der Waals surface area contributed by atoms with E-state index in [1.165, 1.54) is 16.8 Å². The zero-order chi connectivity index (χ0) is 21.3. The van der Waals surface area contributed by atoms with Gasteiger partial charge in [0.2, 0.25) is 10.0 Å². The average Bonchev–Trinajstić information content (AvgIpc) is 3.38. The standard InChI is InChI=1S/C23H31N3O3S/c1-17-14-20(7-9-23(17)29-3)30(27,28)24-16-22(26-11-4-5-12-26)18-6-8-21-19(15-18)10-13-25(21)2/h6-9,14-15,22,24H,4-5,10-13,16H2,1-3H3. The van der Waals surface area contributed by atoms with Gasteiger partial charge in [-0.3, -0.25) is 4.90 Å². The van der Waals surface area contributed by atoms with Gasteiger partial charge in [0, 0.05) is 31.9 Å². The molecule has 1 unspecified atom stereocenters. The molecule has 2 aliphatic rings. The molecule has 0 amide bonds. The lowest BCUT2D eigenvalue weighted by Crippen LogP contribution is -2.36. The lowest BCUT2D eigenvalue weighted by Gasteiger charge is -2.29. The van der Waals surface area contributed by atoms with Crippen LogP contribution in [-0.2, 0) is 16.4 Å². The second-order valence-corrected chi connectivity index (χ2v) is 10.1. The van der Waals surface area contributed by atoms with Gasteiger partial charge in [-0.25, -0.2) is 13.1 Å². The maximum Gasteiger partial charge on any atom is 0.240 e. The monoisotopic (exact) mass is 429 g/mol. The van der Waals surface area contributed by atoms with Crippen molar-refractivity contribution in [3.05, 3.63) is 53.1 Å². The van der Waals surface area contributed by atoms with Gasteiger partial charge in [-0.2, -0.15) is 0 Å². The summed E-state index contributed by atoms with van der Waals surface area (Å²) in [7, 11) is 0.105. The Bertz CT molecular complexity index is 1020. The molecule has 6 nitrogen and oxygen atoms in total. The topological polar surface area (TPSA) is 61.9 Å². The van der Waals surface area contributed by atoms with Crippen LogP contribution in [0.3, 0.4) is 0 Å². The molecule has 2 aliphatic heterocycles. The largest absolute Gasteiger partial charge is 0.496 e. The molecule has 1 atom stereocenters. The Hall–Kier alpha value is -2.09. The fourth-order valence-electron chi connectivity index (χ4n) is 4.60. The number of likely N-dealkylation sites (N-methyl/N-ethyl adjacent to an activating group) is 1. The predicted molar refractivity (Wildman–Crippen MR) is 120 cm³/mol. The van der Waals surface area contributed by atoms with Crippen LogP contribution < -0.4 is 14.4 Å². The SMILES string of the molecule is COc1ccc(S(=O)(=O)NCC(c2ccc3c(c2)CCN3C)N2CCCC2)cc1C. The molecule has 1 fully saturated rings. The van der Waals surface area contributed by atoms with Crippen LogP contribution in [0.25, 0.3) is 0 Å². The fraction of sp³-hybridized carbons (Fsp3) is 0.478. The summed E-state index contributed by atoms with van der Waals surface area (Å²) in [6, 6.07) is 11.6. The van der Waals surface area contributed by atoms with Crippen molar-refractivity contribution in [1.29, 1.82) is 0 Å². The van der Waals surface area contributed by atoms with E-state index in [0.717, 1.165) is 44.5 Å². The highest BCUT2D eigenvalue weighted by Crippen LogP contribution is 2.32. The molecule has 2 heterocycles. The maximum atomic E-state index is 13.0. The van der Waals surface area contributed by atoms with Crippen molar-refractivity contribution < 1.29 is 13.2 Å². The van der Waals surface area contributed by atoms with Gasteiger partial charge >= 0.3 is 0 Å². The number of likely N-dealkylation sites (tertiary alicyclic amines) is 1. The number of hydrogen-bond acceptors (Lipinski definition) is 5. The third-order valence-electron chi connectivity index (χ3n) is 6.34. The zero-order valence-corrected chi connectivity index (χ0v) is 18.8. The van der Waals surface area contributed by atoms with E-state index in [9.17, 15) is 8.42 Å². The van der Waals surface area contributed by atoms with Crippen molar-refractivity contribution in [3.63, 3.8) is 0 Å². The minimum Gasteiger partial charge on any atom is -0.496 e. The summed E-state index contributed by atoms with van der Waals surface area (Å²) in [6.45, 7) is 5.27. The number of aryl methyl sites for hydroxylation is 1. The van der Waals surface area contributed by atoms with Crippen LogP contribution in [0.5, 0.6) is 5.75 Å². The third kappa shape index (κ3) is 4.19. The van der Waals surface area contributed by atoms with Crippen molar-refractivity contribution in [1.82, 2.24) is 9.62 Å². The first-order valence-corrected chi connectivity index (χ1v) is 12.1. The molecule has 0 spiro atoms. The molecule has 2 aromatic carbocycles. The number of rotatable bonds is 7. The number of methoxy groups -OCH3 is 1. The second kappa shape index (κ2) is 8.57. The highest BCUT2D eigenvalue weighted by atomic mass is 32.2. The van der Waals surface area contributed by atoms with Gasteiger partial charge in [0.25, 0.3) is 0 Å². The van der Waals surface area contributed by atoms with Crippen LogP contribution in [0, 0.1) is 6.92 Å². The van der Waals surface area contributed by atoms with E-state index in [0.29, 0.717) is 12.3 Å². The van der Waals surface area contributed by atoms with Crippen molar-refractivity contribution in [2.45, 2.75) is 37.1 Å². The molecule has 2 aromatic rings. The molecule has 0 radical (unpaired) electrons. The van der Waals surface area contributed by atoms with Gasteiger partial charge in [0.15, 0.2) is 0 Å². The van der Waals surface area contributed by atoms with Crippen LogP contribution in [-0.4, -0.2) is 53.7 Å². The number of nitrogens with one attached hydrogen (secondary N) is 1. The zero-order valence-electron chi connectivity index (χ0n) is 18.0. The molecular formula is C23H31N3O3S. The molecule has 0 bridgehead atoms. The van der Waals surface area contributed by atoms with E-state index >= 15 is 0 Å². The van der Waals surface area contributed by atoms with Crippen molar-refractivity contribution >= 4 is 15.7 Å². The van der Waals surface area contributed by atoms with E-state index < -0.39 is 10.0 Å². The van der Waals surface area contributed by atoms with Crippen LogP contribution in [0.4, 0.5) is 5.69 Å². The number of ether oxygens (including phenoxy) is 1. The first-order valence-electron chi connectivity index (χ1n) is 10.6. The van der Waals surface area contributed by atoms with Gasteiger partial charge in [-0.05, 0) is 80.2 Å². The molecule has 30 heavy (non-hydrogen) atoms.